The summed E-state index contributed by atoms with van der Waals surface area (Å²) in [6, 6.07) is 52.6. The number of rotatable bonds is 8. The summed E-state index contributed by atoms with van der Waals surface area (Å²) in [5.41, 5.74) is 15.5. The Hall–Kier alpha value is -5.71. The second-order valence-corrected chi connectivity index (χ2v) is 21.9. The van der Waals surface area contributed by atoms with Gasteiger partial charge in [0.15, 0.2) is 0 Å². The summed E-state index contributed by atoms with van der Waals surface area (Å²) in [5.74, 6) is -0.648. The summed E-state index contributed by atoms with van der Waals surface area (Å²) in [5, 5.41) is 2.90. The molecule has 61 heavy (non-hydrogen) atoms. The van der Waals surface area contributed by atoms with Crippen molar-refractivity contribution in [1.82, 2.24) is 9.97 Å². The average Bonchev–Trinajstić information content (AvgIpc) is 3.64. The van der Waals surface area contributed by atoms with Gasteiger partial charge in [0.1, 0.15) is 5.58 Å². The van der Waals surface area contributed by atoms with Crippen molar-refractivity contribution in [3.8, 4) is 44.8 Å². The van der Waals surface area contributed by atoms with Crippen LogP contribution in [0.25, 0.3) is 66.7 Å². The maximum absolute atomic E-state index is 9.01. The van der Waals surface area contributed by atoms with Crippen LogP contribution < -0.4 is 5.19 Å². The first-order valence-corrected chi connectivity index (χ1v) is 24.1. The molecule has 307 valence electrons. The number of aromatic nitrogens is 2. The maximum atomic E-state index is 9.01. The third-order valence-corrected chi connectivity index (χ3v) is 12.9. The fourth-order valence-electron chi connectivity index (χ4n) is 8.11. The molecule has 9 aromatic rings. The zero-order valence-electron chi connectivity index (χ0n) is 39.1. The molecule has 0 atom stereocenters. The van der Waals surface area contributed by atoms with Gasteiger partial charge in [0.25, 0.3) is 0 Å². The van der Waals surface area contributed by atoms with Gasteiger partial charge in [-0.3, -0.25) is 0 Å². The van der Waals surface area contributed by atoms with Crippen molar-refractivity contribution in [3.63, 3.8) is 0 Å². The fourth-order valence-corrected chi connectivity index (χ4v) is 9.69. The van der Waals surface area contributed by atoms with Crippen molar-refractivity contribution >= 4 is 35.2 Å². The molecule has 6 aromatic carbocycles. The zero-order valence-corrected chi connectivity index (χ0v) is 39.5. The second-order valence-electron chi connectivity index (χ2n) is 16.8. The first kappa shape index (κ1) is 39.4. The SMILES string of the molecule is [2H]C(C)(C)c1cc(-c2[c-]ccc(-c3ccccc3)c2)ncc1[Si](C)(C)C.[2H]C([2H])(c1ccccc1)c1cccc2oc3c[c-]c(-c4cc(-c5c(C)cc(C)cc5C)ccn4)cc3c12.[Ir]. The maximum Gasteiger partial charge on any atom is 0.121 e. The zero-order chi connectivity index (χ0) is 44.7. The van der Waals surface area contributed by atoms with Crippen molar-refractivity contribution in [2.45, 2.75) is 66.5 Å². The standard InChI is InChI=1S/C33H26NO.C23H26NSi.Ir/c1-21-16-22(2)32(23(3)17-21)27-14-15-34-29(20-27)25-12-13-30-28(19-25)33-26(10-7-11-31(33)35-30)18-24-8-5-4-6-9-24;1-17(2)21-15-22(24-16-23(21)25(3,4)5)20-13-9-12-19(14-20)18-10-7-6-8-11-18;/h4-11,13-17,19-20H,18H2,1-3H3;6-12,14-17H,1-5H3;/q2*-1;/i18D2;17D;. The fraction of sp³-hybridized carbons (Fsp3) is 0.179. The largest absolute Gasteiger partial charge is 0.500 e. The molecule has 5 heteroatoms. The van der Waals surface area contributed by atoms with Crippen molar-refractivity contribution in [2.24, 2.45) is 0 Å². The van der Waals surface area contributed by atoms with Gasteiger partial charge in [0.05, 0.1) is 13.7 Å². The quantitative estimate of drug-likeness (QED) is 0.112. The van der Waals surface area contributed by atoms with Crippen LogP contribution in [0.4, 0.5) is 0 Å². The molecule has 3 heterocycles. The van der Waals surface area contributed by atoms with E-state index < -0.39 is 20.3 Å². The van der Waals surface area contributed by atoms with Gasteiger partial charge < -0.3 is 14.4 Å². The molecule has 0 spiro atoms. The number of nitrogens with zero attached hydrogens (tertiary/aromatic N) is 2. The molecule has 3 nitrogen and oxygen atoms in total. The Labute approximate surface area is 380 Å². The van der Waals surface area contributed by atoms with Gasteiger partial charge in [0, 0.05) is 42.0 Å². The predicted octanol–water partition coefficient (Wildman–Crippen LogP) is 14.5. The summed E-state index contributed by atoms with van der Waals surface area (Å²) >= 11 is 0. The number of pyridine rings is 2. The van der Waals surface area contributed by atoms with Crippen molar-refractivity contribution in [2.75, 3.05) is 0 Å². The second kappa shape index (κ2) is 18.5. The molecule has 0 aliphatic heterocycles. The summed E-state index contributed by atoms with van der Waals surface area (Å²) in [4.78, 5) is 9.41. The third kappa shape index (κ3) is 9.61. The number of hydrogen-bond acceptors (Lipinski definition) is 3. The molecule has 0 N–H and O–H groups in total. The van der Waals surface area contributed by atoms with Crippen LogP contribution in [-0.4, -0.2) is 18.0 Å². The minimum absolute atomic E-state index is 0. The van der Waals surface area contributed by atoms with E-state index in [0.29, 0.717) is 22.3 Å². The van der Waals surface area contributed by atoms with Crippen LogP contribution in [0.5, 0.6) is 0 Å². The Morgan fingerprint density at radius 3 is 2.08 bits per heavy atom. The molecule has 0 saturated carbocycles. The van der Waals surface area contributed by atoms with E-state index in [4.69, 9.17) is 13.5 Å². The van der Waals surface area contributed by atoms with Gasteiger partial charge >= 0.3 is 0 Å². The van der Waals surface area contributed by atoms with Crippen LogP contribution in [0.1, 0.15) is 57.2 Å². The smallest absolute Gasteiger partial charge is 0.121 e. The molecule has 0 unspecified atom stereocenters. The molecule has 0 saturated heterocycles. The van der Waals surface area contributed by atoms with Crippen LogP contribution >= 0.6 is 0 Å². The molecule has 1 radical (unpaired) electrons. The monoisotopic (exact) mass is 992 g/mol. The molecule has 0 bridgehead atoms. The summed E-state index contributed by atoms with van der Waals surface area (Å²) in [6.07, 6.45) is 2.15. The Morgan fingerprint density at radius 1 is 0.689 bits per heavy atom. The Kier molecular flexibility index (Phi) is 12.0. The minimum Gasteiger partial charge on any atom is -0.500 e. The number of benzene rings is 6. The summed E-state index contributed by atoms with van der Waals surface area (Å²) in [6.45, 7) is 17.2. The van der Waals surface area contributed by atoms with Gasteiger partial charge in [0.2, 0.25) is 0 Å². The van der Waals surface area contributed by atoms with Crippen LogP contribution in [0, 0.1) is 32.9 Å². The van der Waals surface area contributed by atoms with Gasteiger partial charge in [-0.2, -0.15) is 0 Å². The number of hydrogen-bond donors (Lipinski definition) is 0. The third-order valence-electron chi connectivity index (χ3n) is 10.9. The summed E-state index contributed by atoms with van der Waals surface area (Å²) < 4.78 is 32.8. The summed E-state index contributed by atoms with van der Waals surface area (Å²) in [7, 11) is -1.57. The molecule has 9 rings (SSSR count). The van der Waals surface area contributed by atoms with Gasteiger partial charge in [-0.05, 0) is 101 Å². The van der Waals surface area contributed by atoms with Gasteiger partial charge in [-0.1, -0.05) is 147 Å². The van der Waals surface area contributed by atoms with Crippen LogP contribution in [0.3, 0.4) is 0 Å². The van der Waals surface area contributed by atoms with Gasteiger partial charge in [-0.15, -0.1) is 59.2 Å². The Balaban J connectivity index is 0.000000201. The molecule has 0 amide bonds. The molecule has 3 aromatic heterocycles. The van der Waals surface area contributed by atoms with Crippen molar-refractivity contribution in [3.05, 3.63) is 197 Å². The van der Waals surface area contributed by atoms with E-state index in [9.17, 15) is 0 Å². The van der Waals surface area contributed by atoms with Gasteiger partial charge in [-0.25, -0.2) is 0 Å². The molecule has 0 aliphatic rings. The average molecular weight is 992 g/mol. The van der Waals surface area contributed by atoms with Crippen LogP contribution in [-0.2, 0) is 26.5 Å². The van der Waals surface area contributed by atoms with Crippen molar-refractivity contribution < 1.29 is 28.6 Å². The topological polar surface area (TPSA) is 38.9 Å². The molecular weight excluding hydrogens is 937 g/mol. The number of furan rings is 1. The van der Waals surface area contributed by atoms with E-state index >= 15 is 0 Å². The normalized spacial score (nSPS) is 12.5. The molecule has 0 fully saturated rings. The van der Waals surface area contributed by atoms with E-state index in [0.717, 1.165) is 50.0 Å². The van der Waals surface area contributed by atoms with Crippen LogP contribution in [0.15, 0.2) is 156 Å². The Morgan fingerprint density at radius 2 is 1.38 bits per heavy atom. The minimum atomic E-state index is -1.68. The van der Waals surface area contributed by atoms with E-state index in [2.05, 4.69) is 106 Å². The van der Waals surface area contributed by atoms with Crippen LogP contribution in [0.2, 0.25) is 19.6 Å². The Bertz CT molecular complexity index is 3070. The number of fused-ring (bicyclic) bond motifs is 3. The first-order chi connectivity index (χ1) is 30.0. The number of aryl methyl sites for hydroxylation is 3. The van der Waals surface area contributed by atoms with E-state index in [1.807, 2.05) is 117 Å². The molecular formula is C56H52IrN2OSi-2. The van der Waals surface area contributed by atoms with E-state index in [1.54, 1.807) is 0 Å². The first-order valence-electron chi connectivity index (χ1n) is 22.1. The van der Waals surface area contributed by atoms with Crippen molar-refractivity contribution in [1.29, 1.82) is 0 Å². The molecule has 0 aliphatic carbocycles. The van der Waals surface area contributed by atoms with E-state index in [1.165, 1.54) is 33.0 Å². The predicted molar refractivity (Wildman–Crippen MR) is 256 cm³/mol. The van der Waals surface area contributed by atoms with E-state index in [-0.39, 0.29) is 20.1 Å².